The van der Waals surface area contributed by atoms with Gasteiger partial charge in [0, 0.05) is 6.21 Å². The Bertz CT molecular complexity index is 226. The largest absolute Gasteiger partial charge is 0.366 e. The van der Waals surface area contributed by atoms with E-state index in [0.717, 1.165) is 0 Å². The molecular formula is C7H10N2O. The molecule has 0 aliphatic carbocycles. The first-order valence-corrected chi connectivity index (χ1v) is 3.09. The molecule has 1 heterocycles. The number of nitrogens with zero attached hydrogens (tertiary/aromatic N) is 1. The Morgan fingerprint density at radius 1 is 1.70 bits per heavy atom. The maximum Gasteiger partial charge on any atom is 0.250 e. The molecule has 1 aliphatic rings. The van der Waals surface area contributed by atoms with Gasteiger partial charge in [0.15, 0.2) is 0 Å². The highest BCUT2D eigenvalue weighted by Gasteiger charge is 2.20. The second kappa shape index (κ2) is 1.94. The van der Waals surface area contributed by atoms with E-state index in [1.54, 1.807) is 6.08 Å². The van der Waals surface area contributed by atoms with Gasteiger partial charge in [0.1, 0.15) is 0 Å². The zero-order valence-corrected chi connectivity index (χ0v) is 6.09. The Hall–Kier alpha value is -1.12. The summed E-state index contributed by atoms with van der Waals surface area (Å²) < 4.78 is 0. The Kier molecular flexibility index (Phi) is 1.35. The van der Waals surface area contributed by atoms with Crippen molar-refractivity contribution in [2.75, 3.05) is 0 Å². The maximum atomic E-state index is 10.6. The van der Waals surface area contributed by atoms with Gasteiger partial charge in [-0.05, 0) is 19.9 Å². The summed E-state index contributed by atoms with van der Waals surface area (Å²) in [4.78, 5) is 14.6. The van der Waals surface area contributed by atoms with Crippen molar-refractivity contribution < 1.29 is 4.79 Å². The first kappa shape index (κ1) is 6.99. The van der Waals surface area contributed by atoms with Crippen molar-refractivity contribution in [1.29, 1.82) is 0 Å². The van der Waals surface area contributed by atoms with Crippen LogP contribution in [0.25, 0.3) is 0 Å². The summed E-state index contributed by atoms with van der Waals surface area (Å²) >= 11 is 0. The van der Waals surface area contributed by atoms with Crippen molar-refractivity contribution in [3.05, 3.63) is 11.6 Å². The number of hydrogen-bond donors (Lipinski definition) is 1. The molecule has 0 saturated heterocycles. The first-order valence-electron chi connectivity index (χ1n) is 3.09. The predicted molar refractivity (Wildman–Crippen MR) is 39.8 cm³/mol. The number of hydrogen-bond acceptors (Lipinski definition) is 2. The van der Waals surface area contributed by atoms with Crippen molar-refractivity contribution in [3.8, 4) is 0 Å². The molecule has 10 heavy (non-hydrogen) atoms. The van der Waals surface area contributed by atoms with Crippen molar-refractivity contribution in [2.24, 2.45) is 10.7 Å². The highest BCUT2D eigenvalue weighted by Crippen LogP contribution is 2.18. The van der Waals surface area contributed by atoms with E-state index in [4.69, 9.17) is 5.73 Å². The lowest BCUT2D eigenvalue weighted by molar-refractivity contribution is -0.114. The number of carbonyl (C=O) groups is 1. The summed E-state index contributed by atoms with van der Waals surface area (Å²) in [5, 5.41) is 0. The van der Waals surface area contributed by atoms with Gasteiger partial charge in [-0.1, -0.05) is 0 Å². The summed E-state index contributed by atoms with van der Waals surface area (Å²) in [6.45, 7) is 3.83. The van der Waals surface area contributed by atoms with Crippen molar-refractivity contribution in [3.63, 3.8) is 0 Å². The molecule has 0 aromatic carbocycles. The third-order valence-electron chi connectivity index (χ3n) is 1.33. The standard InChI is InChI=1S/C7H10N2O/c1-7(2)3-5(4-9-7)6(8)10/h3-4H,1-2H3,(H2,8,10). The SMILES string of the molecule is CC1(C)C=C(C(N)=O)C=N1. The summed E-state index contributed by atoms with van der Waals surface area (Å²) in [6, 6.07) is 0. The molecule has 0 saturated carbocycles. The number of primary amides is 1. The number of rotatable bonds is 1. The van der Waals surface area contributed by atoms with Gasteiger partial charge in [0.2, 0.25) is 5.91 Å². The van der Waals surface area contributed by atoms with Gasteiger partial charge < -0.3 is 5.73 Å². The number of carbonyl (C=O) groups excluding carboxylic acids is 1. The van der Waals surface area contributed by atoms with Crippen LogP contribution in [0.5, 0.6) is 0 Å². The normalized spacial score (nSPS) is 20.8. The highest BCUT2D eigenvalue weighted by atomic mass is 16.1. The minimum Gasteiger partial charge on any atom is -0.366 e. The molecule has 1 aliphatic heterocycles. The Morgan fingerprint density at radius 3 is 2.50 bits per heavy atom. The number of aliphatic imine (C=N–C) groups is 1. The van der Waals surface area contributed by atoms with Gasteiger partial charge in [-0.3, -0.25) is 9.79 Å². The minimum atomic E-state index is -0.408. The monoisotopic (exact) mass is 138 g/mol. The van der Waals surface area contributed by atoms with E-state index < -0.39 is 5.91 Å². The van der Waals surface area contributed by atoms with Gasteiger partial charge in [-0.25, -0.2) is 0 Å². The Labute approximate surface area is 59.6 Å². The third-order valence-corrected chi connectivity index (χ3v) is 1.33. The summed E-state index contributed by atoms with van der Waals surface area (Å²) in [6.07, 6.45) is 3.28. The lowest BCUT2D eigenvalue weighted by atomic mass is 10.1. The fraction of sp³-hybridized carbons (Fsp3) is 0.429. The maximum absolute atomic E-state index is 10.6. The second-order valence-corrected chi connectivity index (χ2v) is 2.88. The Morgan fingerprint density at radius 2 is 2.30 bits per heavy atom. The zero-order chi connectivity index (χ0) is 7.78. The summed E-state index contributed by atoms with van der Waals surface area (Å²) in [5.41, 5.74) is 5.28. The molecule has 1 rings (SSSR count). The molecule has 0 bridgehead atoms. The molecule has 2 N–H and O–H groups in total. The van der Waals surface area contributed by atoms with Crippen LogP contribution in [0.4, 0.5) is 0 Å². The van der Waals surface area contributed by atoms with Crippen molar-refractivity contribution >= 4 is 12.1 Å². The van der Waals surface area contributed by atoms with Crippen LogP contribution in [0.15, 0.2) is 16.6 Å². The number of nitrogens with two attached hydrogens (primary N) is 1. The van der Waals surface area contributed by atoms with Crippen LogP contribution in [0.2, 0.25) is 0 Å². The van der Waals surface area contributed by atoms with Crippen LogP contribution in [-0.4, -0.2) is 17.7 Å². The fourth-order valence-electron chi connectivity index (χ4n) is 0.826. The van der Waals surface area contributed by atoms with E-state index >= 15 is 0 Å². The van der Waals surface area contributed by atoms with E-state index in [9.17, 15) is 4.79 Å². The van der Waals surface area contributed by atoms with E-state index in [1.165, 1.54) is 6.21 Å². The number of amides is 1. The summed E-state index contributed by atoms with van der Waals surface area (Å²) in [7, 11) is 0. The molecule has 0 aromatic heterocycles. The van der Waals surface area contributed by atoms with Crippen molar-refractivity contribution in [1.82, 2.24) is 0 Å². The van der Waals surface area contributed by atoms with Gasteiger partial charge in [-0.2, -0.15) is 0 Å². The second-order valence-electron chi connectivity index (χ2n) is 2.88. The van der Waals surface area contributed by atoms with Gasteiger partial charge in [0.05, 0.1) is 11.1 Å². The predicted octanol–water partition coefficient (Wildman–Crippen LogP) is 0.261. The first-order chi connectivity index (χ1) is 4.51. The van der Waals surface area contributed by atoms with E-state index in [0.29, 0.717) is 5.57 Å². The van der Waals surface area contributed by atoms with E-state index in [1.807, 2.05) is 13.8 Å². The van der Waals surface area contributed by atoms with Crippen LogP contribution in [0.3, 0.4) is 0 Å². The molecule has 0 atom stereocenters. The lowest BCUT2D eigenvalue weighted by Gasteiger charge is -2.07. The molecule has 0 radical (unpaired) electrons. The average Bonchev–Trinajstić information content (AvgIpc) is 2.10. The van der Waals surface area contributed by atoms with Crippen LogP contribution in [0.1, 0.15) is 13.8 Å². The molecule has 1 amide bonds. The van der Waals surface area contributed by atoms with Gasteiger partial charge in [-0.15, -0.1) is 0 Å². The van der Waals surface area contributed by atoms with Gasteiger partial charge >= 0.3 is 0 Å². The molecule has 3 nitrogen and oxygen atoms in total. The fourth-order valence-corrected chi connectivity index (χ4v) is 0.826. The van der Waals surface area contributed by atoms with Crippen LogP contribution in [-0.2, 0) is 4.79 Å². The summed E-state index contributed by atoms with van der Waals surface area (Å²) in [5.74, 6) is -0.408. The van der Waals surface area contributed by atoms with Crippen LogP contribution in [0, 0.1) is 0 Å². The lowest BCUT2D eigenvalue weighted by Crippen LogP contribution is -2.14. The molecule has 0 aromatic rings. The average molecular weight is 138 g/mol. The van der Waals surface area contributed by atoms with Crippen LogP contribution >= 0.6 is 0 Å². The quantitative estimate of drug-likeness (QED) is 0.555. The Balaban J connectivity index is 2.88. The molecule has 3 heteroatoms. The van der Waals surface area contributed by atoms with Crippen LogP contribution < -0.4 is 5.73 Å². The smallest absolute Gasteiger partial charge is 0.250 e. The zero-order valence-electron chi connectivity index (χ0n) is 6.09. The molecular weight excluding hydrogens is 128 g/mol. The third kappa shape index (κ3) is 1.23. The van der Waals surface area contributed by atoms with Crippen molar-refractivity contribution in [2.45, 2.75) is 19.4 Å². The van der Waals surface area contributed by atoms with E-state index in [2.05, 4.69) is 4.99 Å². The molecule has 0 fully saturated rings. The van der Waals surface area contributed by atoms with Gasteiger partial charge in [0.25, 0.3) is 0 Å². The highest BCUT2D eigenvalue weighted by molar-refractivity contribution is 6.12. The molecule has 54 valence electrons. The molecule has 0 spiro atoms. The molecule has 0 unspecified atom stereocenters. The van der Waals surface area contributed by atoms with E-state index in [-0.39, 0.29) is 5.54 Å². The topological polar surface area (TPSA) is 55.5 Å². The minimum absolute atomic E-state index is 0.246.